The molecular formula is C28H32N6O5. The number of benzene rings is 2. The highest BCUT2D eigenvalue weighted by atomic mass is 16.5. The molecule has 2 aromatic carbocycles. The molecular weight excluding hydrogens is 500 g/mol. The van der Waals surface area contributed by atoms with Gasteiger partial charge in [0.05, 0.1) is 11.4 Å². The number of amides is 6. The number of hydrogen-bond donors (Lipinski definition) is 2. The minimum atomic E-state index is -0.537. The molecule has 11 heteroatoms. The number of hydrogen-bond acceptors (Lipinski definition) is 7. The average molecular weight is 533 g/mol. The molecule has 0 aliphatic carbocycles. The van der Waals surface area contributed by atoms with E-state index in [1.54, 1.807) is 48.5 Å². The van der Waals surface area contributed by atoms with Crippen LogP contribution in [0.15, 0.2) is 48.5 Å². The summed E-state index contributed by atoms with van der Waals surface area (Å²) in [5.41, 5.74) is 0.956. The lowest BCUT2D eigenvalue weighted by molar-refractivity contribution is -0.119. The molecule has 4 fully saturated rings. The van der Waals surface area contributed by atoms with Crippen molar-refractivity contribution < 1.29 is 23.9 Å². The van der Waals surface area contributed by atoms with Gasteiger partial charge in [-0.25, -0.2) is 19.4 Å². The summed E-state index contributed by atoms with van der Waals surface area (Å²) in [4.78, 5) is 57.6. The fourth-order valence-corrected chi connectivity index (χ4v) is 5.71. The third kappa shape index (κ3) is 5.19. The fraction of sp³-hybridized carbons (Fsp3) is 0.429. The topological polar surface area (TPSA) is 115 Å². The second kappa shape index (κ2) is 10.7. The van der Waals surface area contributed by atoms with Crippen molar-refractivity contribution in [2.75, 3.05) is 49.1 Å². The summed E-state index contributed by atoms with van der Waals surface area (Å²) < 4.78 is 5.92. The molecule has 4 saturated heterocycles. The van der Waals surface area contributed by atoms with E-state index in [0.29, 0.717) is 36.0 Å². The molecule has 6 rings (SSSR count). The number of ether oxygens (including phenoxy) is 1. The van der Waals surface area contributed by atoms with Gasteiger partial charge in [0.25, 0.3) is 11.8 Å². The number of likely N-dealkylation sites (tertiary alicyclic amines) is 2. The van der Waals surface area contributed by atoms with Crippen LogP contribution in [0.5, 0.6) is 11.5 Å². The zero-order chi connectivity index (χ0) is 26.9. The molecule has 0 saturated carbocycles. The molecule has 0 bridgehead atoms. The van der Waals surface area contributed by atoms with Crippen LogP contribution in [-0.4, -0.2) is 85.0 Å². The number of carbonyl (C=O) groups excluding carboxylic acids is 4. The van der Waals surface area contributed by atoms with Crippen LogP contribution in [-0.2, 0) is 9.59 Å². The summed E-state index contributed by atoms with van der Waals surface area (Å²) in [7, 11) is 0. The summed E-state index contributed by atoms with van der Waals surface area (Å²) in [6, 6.07) is 11.6. The number of nitrogens with zero attached hydrogens (tertiary/aromatic N) is 4. The average Bonchev–Trinajstić information content (AvgIpc) is 3.73. The van der Waals surface area contributed by atoms with Gasteiger partial charge in [-0.2, -0.15) is 0 Å². The molecule has 204 valence electrons. The molecule has 2 N–H and O–H groups in total. The van der Waals surface area contributed by atoms with Gasteiger partial charge in [0.1, 0.15) is 23.6 Å². The first-order valence-electron chi connectivity index (χ1n) is 13.6. The molecule has 4 aliphatic heterocycles. The van der Waals surface area contributed by atoms with Crippen molar-refractivity contribution in [3.8, 4) is 11.5 Å². The first-order valence-corrected chi connectivity index (χ1v) is 13.6. The van der Waals surface area contributed by atoms with Gasteiger partial charge in [-0.3, -0.25) is 9.59 Å². The highest BCUT2D eigenvalue weighted by molar-refractivity contribution is 6.22. The molecule has 39 heavy (non-hydrogen) atoms. The molecule has 2 atom stereocenters. The van der Waals surface area contributed by atoms with Crippen molar-refractivity contribution in [2.24, 2.45) is 0 Å². The lowest BCUT2D eigenvalue weighted by Gasteiger charge is -2.18. The predicted octanol–water partition coefficient (Wildman–Crippen LogP) is 2.52. The fourth-order valence-electron chi connectivity index (χ4n) is 5.71. The Morgan fingerprint density at radius 1 is 0.590 bits per heavy atom. The highest BCUT2D eigenvalue weighted by Gasteiger charge is 2.41. The largest absolute Gasteiger partial charge is 0.457 e. The van der Waals surface area contributed by atoms with E-state index in [4.69, 9.17) is 4.74 Å². The lowest BCUT2D eigenvalue weighted by Crippen LogP contribution is -2.41. The molecule has 0 aromatic heterocycles. The first-order chi connectivity index (χ1) is 19.0. The van der Waals surface area contributed by atoms with E-state index in [1.807, 2.05) is 0 Å². The molecule has 2 unspecified atom stereocenters. The molecule has 4 heterocycles. The van der Waals surface area contributed by atoms with Crippen LogP contribution in [0.4, 0.5) is 21.0 Å². The number of nitrogens with one attached hydrogen (secondary N) is 2. The van der Waals surface area contributed by atoms with Crippen LogP contribution in [0.25, 0.3) is 0 Å². The summed E-state index contributed by atoms with van der Waals surface area (Å²) in [5, 5.41) is 5.59. The summed E-state index contributed by atoms with van der Waals surface area (Å²) in [5.74, 6) is 0.541. The van der Waals surface area contributed by atoms with Crippen LogP contribution in [0.2, 0.25) is 0 Å². The Morgan fingerprint density at radius 3 is 1.31 bits per heavy atom. The van der Waals surface area contributed by atoms with Gasteiger partial charge in [0.2, 0.25) is 0 Å². The van der Waals surface area contributed by atoms with Crippen molar-refractivity contribution in [1.29, 1.82) is 0 Å². The third-order valence-corrected chi connectivity index (χ3v) is 7.74. The van der Waals surface area contributed by atoms with Crippen LogP contribution in [0.3, 0.4) is 0 Å². The van der Waals surface area contributed by atoms with Crippen molar-refractivity contribution in [2.45, 2.75) is 37.8 Å². The third-order valence-electron chi connectivity index (χ3n) is 7.74. The smallest absolute Gasteiger partial charge is 0.329 e. The van der Waals surface area contributed by atoms with Gasteiger partial charge in [-0.05, 0) is 100 Å². The van der Waals surface area contributed by atoms with E-state index < -0.39 is 24.1 Å². The second-order valence-corrected chi connectivity index (χ2v) is 10.5. The van der Waals surface area contributed by atoms with E-state index in [1.165, 1.54) is 9.80 Å². The van der Waals surface area contributed by atoms with Gasteiger partial charge in [-0.1, -0.05) is 0 Å². The van der Waals surface area contributed by atoms with Crippen LogP contribution in [0.1, 0.15) is 25.7 Å². The van der Waals surface area contributed by atoms with Crippen LogP contribution < -0.4 is 25.2 Å². The van der Waals surface area contributed by atoms with Gasteiger partial charge in [-0.15, -0.1) is 0 Å². The van der Waals surface area contributed by atoms with E-state index in [-0.39, 0.29) is 11.8 Å². The molecule has 0 radical (unpaired) electrons. The summed E-state index contributed by atoms with van der Waals surface area (Å²) in [6.45, 7) is 4.87. The Morgan fingerprint density at radius 2 is 0.949 bits per heavy atom. The maximum Gasteiger partial charge on any atom is 0.329 e. The molecule has 0 spiro atoms. The lowest BCUT2D eigenvalue weighted by atomic mass is 10.2. The van der Waals surface area contributed by atoms with E-state index >= 15 is 0 Å². The van der Waals surface area contributed by atoms with Crippen LogP contribution >= 0.6 is 0 Å². The number of rotatable bonds is 8. The van der Waals surface area contributed by atoms with Gasteiger partial charge < -0.3 is 25.2 Å². The van der Waals surface area contributed by atoms with Crippen molar-refractivity contribution in [3.05, 3.63) is 48.5 Å². The maximum atomic E-state index is 12.9. The SMILES string of the molecule is O=C1NC(CN2CCCC2)C(=O)N1c1ccc(Oc2ccc(N3C(=O)NC(CN4CCCC4)C3=O)cc2)cc1. The Balaban J connectivity index is 1.07. The van der Waals surface area contributed by atoms with Crippen molar-refractivity contribution in [3.63, 3.8) is 0 Å². The Kier molecular flexibility index (Phi) is 6.92. The van der Waals surface area contributed by atoms with Crippen molar-refractivity contribution >= 4 is 35.3 Å². The van der Waals surface area contributed by atoms with E-state index in [9.17, 15) is 19.2 Å². The first kappa shape index (κ1) is 25.3. The predicted molar refractivity (Wildman–Crippen MR) is 144 cm³/mol. The quantitative estimate of drug-likeness (QED) is 0.502. The minimum Gasteiger partial charge on any atom is -0.457 e. The monoisotopic (exact) mass is 532 g/mol. The van der Waals surface area contributed by atoms with E-state index in [2.05, 4.69) is 20.4 Å². The van der Waals surface area contributed by atoms with Gasteiger partial charge >= 0.3 is 12.1 Å². The second-order valence-electron chi connectivity index (χ2n) is 10.5. The van der Waals surface area contributed by atoms with Crippen LogP contribution in [0, 0.1) is 0 Å². The maximum absolute atomic E-state index is 12.9. The minimum absolute atomic E-state index is 0.251. The Labute approximate surface area is 226 Å². The van der Waals surface area contributed by atoms with Gasteiger partial charge in [0, 0.05) is 13.1 Å². The Bertz CT molecular complexity index is 1160. The zero-order valence-electron chi connectivity index (χ0n) is 21.7. The van der Waals surface area contributed by atoms with Crippen molar-refractivity contribution in [1.82, 2.24) is 20.4 Å². The number of urea groups is 2. The standard InChI is InChI=1S/C28H32N6O5/c35-25-23(17-31-13-1-2-14-31)29-27(37)33(25)19-5-9-21(10-6-19)39-22-11-7-20(8-12-22)34-26(36)24(30-28(34)38)18-32-15-3-4-16-32/h5-12,23-24H,1-4,13-18H2,(H,29,37)(H,30,38). The molecule has 6 amide bonds. The zero-order valence-corrected chi connectivity index (χ0v) is 21.7. The van der Waals surface area contributed by atoms with E-state index in [0.717, 1.165) is 51.9 Å². The summed E-state index contributed by atoms with van der Waals surface area (Å²) >= 11 is 0. The molecule has 4 aliphatic rings. The number of imide groups is 2. The highest BCUT2D eigenvalue weighted by Crippen LogP contribution is 2.29. The molecule has 11 nitrogen and oxygen atoms in total. The summed E-state index contributed by atoms with van der Waals surface area (Å²) in [6.07, 6.45) is 4.48. The molecule has 2 aromatic rings. The number of anilines is 2. The number of carbonyl (C=O) groups is 4. The Hall–Kier alpha value is -3.96. The van der Waals surface area contributed by atoms with Gasteiger partial charge in [0.15, 0.2) is 0 Å². The normalized spacial score (nSPS) is 24.1.